The van der Waals surface area contributed by atoms with Crippen LogP contribution in [0.2, 0.25) is 0 Å². The largest absolute Gasteiger partial charge is 0.493 e. The van der Waals surface area contributed by atoms with Crippen LogP contribution in [0, 0.1) is 18.3 Å². The molecule has 1 rings (SSSR count). The molecule has 0 saturated carbocycles. The first-order valence-corrected chi connectivity index (χ1v) is 6.08. The maximum atomic E-state index is 5.83. The van der Waals surface area contributed by atoms with Crippen molar-refractivity contribution >= 4 is 0 Å². The highest BCUT2D eigenvalue weighted by molar-refractivity contribution is 5.26. The average Bonchev–Trinajstić information content (AvgIpc) is 2.15. The second-order valence-electron chi connectivity index (χ2n) is 5.86. The number of hydrogen-bond donors (Lipinski definition) is 0. The molecule has 0 saturated heterocycles. The second kappa shape index (κ2) is 5.38. The Morgan fingerprint density at radius 3 is 2.19 bits per heavy atom. The lowest BCUT2D eigenvalue weighted by Gasteiger charge is -2.26. The van der Waals surface area contributed by atoms with Crippen LogP contribution in [-0.2, 0) is 0 Å². The highest BCUT2D eigenvalue weighted by Crippen LogP contribution is 2.26. The van der Waals surface area contributed by atoms with Gasteiger partial charge in [0, 0.05) is 0 Å². The Kier molecular flexibility index (Phi) is 4.40. The van der Waals surface area contributed by atoms with E-state index >= 15 is 0 Å². The van der Waals surface area contributed by atoms with E-state index in [1.807, 2.05) is 12.1 Å². The predicted molar refractivity (Wildman–Crippen MR) is 69.9 cm³/mol. The van der Waals surface area contributed by atoms with Gasteiger partial charge in [0.1, 0.15) is 5.75 Å². The van der Waals surface area contributed by atoms with Crippen molar-refractivity contribution in [2.75, 3.05) is 6.61 Å². The van der Waals surface area contributed by atoms with Gasteiger partial charge in [-0.2, -0.15) is 0 Å². The summed E-state index contributed by atoms with van der Waals surface area (Å²) in [5.74, 6) is 1.69. The van der Waals surface area contributed by atoms with Crippen LogP contribution in [0.4, 0.5) is 0 Å². The molecular formula is C15H24O. The molecule has 0 amide bonds. The zero-order valence-electron chi connectivity index (χ0n) is 11.2. The van der Waals surface area contributed by atoms with E-state index < -0.39 is 0 Å². The molecule has 0 aromatic heterocycles. The van der Waals surface area contributed by atoms with Crippen LogP contribution in [0.5, 0.6) is 5.75 Å². The molecule has 0 aliphatic rings. The molecule has 0 heterocycles. The summed E-state index contributed by atoms with van der Waals surface area (Å²) in [6, 6.07) is 8.26. The van der Waals surface area contributed by atoms with Crippen LogP contribution in [0.15, 0.2) is 24.3 Å². The van der Waals surface area contributed by atoms with Gasteiger partial charge < -0.3 is 4.74 Å². The number of aryl methyl sites for hydroxylation is 1. The van der Waals surface area contributed by atoms with Crippen molar-refractivity contribution in [3.63, 3.8) is 0 Å². The van der Waals surface area contributed by atoms with Gasteiger partial charge in [-0.25, -0.2) is 0 Å². The number of ether oxygens (including phenoxy) is 1. The Bertz CT molecular complexity index is 309. The van der Waals surface area contributed by atoms with E-state index in [9.17, 15) is 0 Å². The van der Waals surface area contributed by atoms with Crippen molar-refractivity contribution in [3.8, 4) is 5.75 Å². The Balaban J connectivity index is 2.47. The van der Waals surface area contributed by atoms with Crippen molar-refractivity contribution in [2.45, 2.75) is 41.0 Å². The fourth-order valence-corrected chi connectivity index (χ4v) is 2.08. The SMILES string of the molecule is Cc1ccc(OCC(C)(C)CC(C)C)cc1. The molecule has 0 aliphatic heterocycles. The van der Waals surface area contributed by atoms with Crippen molar-refractivity contribution < 1.29 is 4.74 Å². The van der Waals surface area contributed by atoms with Gasteiger partial charge in [0.25, 0.3) is 0 Å². The first kappa shape index (κ1) is 13.1. The smallest absolute Gasteiger partial charge is 0.119 e. The molecule has 16 heavy (non-hydrogen) atoms. The molecule has 0 radical (unpaired) electrons. The third kappa shape index (κ3) is 4.69. The van der Waals surface area contributed by atoms with Gasteiger partial charge in [0.05, 0.1) is 6.61 Å². The van der Waals surface area contributed by atoms with Crippen LogP contribution in [-0.4, -0.2) is 6.61 Å². The summed E-state index contributed by atoms with van der Waals surface area (Å²) in [6.45, 7) is 11.9. The summed E-state index contributed by atoms with van der Waals surface area (Å²) in [5, 5.41) is 0. The second-order valence-corrected chi connectivity index (χ2v) is 5.86. The Hall–Kier alpha value is -0.980. The maximum absolute atomic E-state index is 5.83. The molecule has 0 spiro atoms. The third-order valence-corrected chi connectivity index (χ3v) is 2.61. The van der Waals surface area contributed by atoms with Gasteiger partial charge in [-0.05, 0) is 36.8 Å². The lowest BCUT2D eigenvalue weighted by Crippen LogP contribution is -2.23. The molecule has 90 valence electrons. The molecule has 0 unspecified atom stereocenters. The van der Waals surface area contributed by atoms with Gasteiger partial charge in [0.2, 0.25) is 0 Å². The van der Waals surface area contributed by atoms with Gasteiger partial charge in [-0.15, -0.1) is 0 Å². The lowest BCUT2D eigenvalue weighted by molar-refractivity contribution is 0.154. The quantitative estimate of drug-likeness (QED) is 0.712. The van der Waals surface area contributed by atoms with Gasteiger partial charge in [-0.3, -0.25) is 0 Å². The number of hydrogen-bond acceptors (Lipinski definition) is 1. The van der Waals surface area contributed by atoms with Crippen molar-refractivity contribution in [3.05, 3.63) is 29.8 Å². The summed E-state index contributed by atoms with van der Waals surface area (Å²) in [4.78, 5) is 0. The summed E-state index contributed by atoms with van der Waals surface area (Å²) >= 11 is 0. The number of benzene rings is 1. The van der Waals surface area contributed by atoms with Crippen LogP contribution in [0.25, 0.3) is 0 Å². The van der Waals surface area contributed by atoms with E-state index in [1.54, 1.807) is 0 Å². The Morgan fingerprint density at radius 1 is 1.12 bits per heavy atom. The highest BCUT2D eigenvalue weighted by Gasteiger charge is 2.20. The molecule has 1 aromatic carbocycles. The molecule has 0 fully saturated rings. The van der Waals surface area contributed by atoms with Gasteiger partial charge in [0.15, 0.2) is 0 Å². The molecule has 1 aromatic rings. The minimum atomic E-state index is 0.249. The monoisotopic (exact) mass is 220 g/mol. The minimum Gasteiger partial charge on any atom is -0.493 e. The molecular weight excluding hydrogens is 196 g/mol. The van der Waals surface area contributed by atoms with Gasteiger partial charge in [-0.1, -0.05) is 45.4 Å². The fraction of sp³-hybridized carbons (Fsp3) is 0.600. The van der Waals surface area contributed by atoms with E-state index in [-0.39, 0.29) is 5.41 Å². The van der Waals surface area contributed by atoms with Crippen LogP contribution in [0.1, 0.15) is 39.7 Å². The highest BCUT2D eigenvalue weighted by atomic mass is 16.5. The van der Waals surface area contributed by atoms with Crippen LogP contribution >= 0.6 is 0 Å². The zero-order chi connectivity index (χ0) is 12.2. The van der Waals surface area contributed by atoms with Crippen LogP contribution < -0.4 is 4.74 Å². The molecule has 1 heteroatoms. The van der Waals surface area contributed by atoms with E-state index in [4.69, 9.17) is 4.74 Å². The van der Waals surface area contributed by atoms with Crippen molar-refractivity contribution in [1.82, 2.24) is 0 Å². The summed E-state index contributed by atoms with van der Waals surface area (Å²) in [5.41, 5.74) is 1.52. The third-order valence-electron chi connectivity index (χ3n) is 2.61. The van der Waals surface area contributed by atoms with Crippen molar-refractivity contribution in [2.24, 2.45) is 11.3 Å². The Labute approximate surface area is 99.8 Å². The summed E-state index contributed by atoms with van der Waals surface area (Å²) in [7, 11) is 0. The molecule has 0 N–H and O–H groups in total. The lowest BCUT2D eigenvalue weighted by atomic mass is 9.85. The maximum Gasteiger partial charge on any atom is 0.119 e. The topological polar surface area (TPSA) is 9.23 Å². The normalized spacial score (nSPS) is 11.9. The minimum absolute atomic E-state index is 0.249. The molecule has 1 nitrogen and oxygen atoms in total. The average molecular weight is 220 g/mol. The first-order valence-electron chi connectivity index (χ1n) is 6.08. The fourth-order valence-electron chi connectivity index (χ4n) is 2.08. The van der Waals surface area contributed by atoms with E-state index in [2.05, 4.69) is 46.8 Å². The van der Waals surface area contributed by atoms with Crippen LogP contribution in [0.3, 0.4) is 0 Å². The van der Waals surface area contributed by atoms with Gasteiger partial charge >= 0.3 is 0 Å². The van der Waals surface area contributed by atoms with E-state index in [1.165, 1.54) is 12.0 Å². The summed E-state index contributed by atoms with van der Waals surface area (Å²) in [6.07, 6.45) is 1.19. The predicted octanol–water partition coefficient (Wildman–Crippen LogP) is 4.45. The summed E-state index contributed by atoms with van der Waals surface area (Å²) < 4.78 is 5.83. The van der Waals surface area contributed by atoms with Crippen molar-refractivity contribution in [1.29, 1.82) is 0 Å². The van der Waals surface area contributed by atoms with E-state index in [0.29, 0.717) is 0 Å². The first-order chi connectivity index (χ1) is 7.39. The number of rotatable bonds is 5. The zero-order valence-corrected chi connectivity index (χ0v) is 11.2. The standard InChI is InChI=1S/C15H24O/c1-12(2)10-15(4,5)11-16-14-8-6-13(3)7-9-14/h6-9,12H,10-11H2,1-5H3. The molecule has 0 bridgehead atoms. The molecule has 0 aliphatic carbocycles. The molecule has 0 atom stereocenters. The van der Waals surface area contributed by atoms with E-state index in [0.717, 1.165) is 18.3 Å². The Morgan fingerprint density at radius 2 is 1.69 bits per heavy atom.